The van der Waals surface area contributed by atoms with Gasteiger partial charge in [0.25, 0.3) is 10.0 Å². The number of carboxylic acids is 1. The quantitative estimate of drug-likeness (QED) is 0.444. The Morgan fingerprint density at radius 2 is 2.10 bits per heavy atom. The maximum absolute atomic E-state index is 13.1. The highest BCUT2D eigenvalue weighted by atomic mass is 32.2. The Hall–Kier alpha value is -3.11. The molecular formula is C20H21N3O6S. The topological polar surface area (TPSA) is 131 Å². The van der Waals surface area contributed by atoms with Crippen LogP contribution in [0.1, 0.15) is 34.8 Å². The normalized spacial score (nSPS) is 14.0. The number of benzene rings is 1. The number of rotatable bonds is 9. The number of nitrogens with one attached hydrogen (secondary N) is 2. The van der Waals surface area contributed by atoms with Crippen LogP contribution >= 0.6 is 0 Å². The Labute approximate surface area is 173 Å². The molecule has 1 aromatic carbocycles. The van der Waals surface area contributed by atoms with Crippen LogP contribution in [0.15, 0.2) is 41.6 Å². The first-order valence-corrected chi connectivity index (χ1v) is 10.9. The van der Waals surface area contributed by atoms with Crippen molar-refractivity contribution in [2.24, 2.45) is 0 Å². The molecule has 3 N–H and O–H groups in total. The Morgan fingerprint density at radius 1 is 1.30 bits per heavy atom. The van der Waals surface area contributed by atoms with E-state index in [1.165, 1.54) is 18.3 Å². The van der Waals surface area contributed by atoms with Crippen LogP contribution in [0.3, 0.4) is 0 Å². The van der Waals surface area contributed by atoms with E-state index in [1.807, 2.05) is 0 Å². The van der Waals surface area contributed by atoms with Crippen LogP contribution in [0.5, 0.6) is 5.75 Å². The van der Waals surface area contributed by atoms with Gasteiger partial charge in [-0.1, -0.05) is 6.07 Å². The fraction of sp³-hybridized carbons (Fsp3) is 0.300. The van der Waals surface area contributed by atoms with E-state index in [-0.39, 0.29) is 28.9 Å². The predicted molar refractivity (Wildman–Crippen MR) is 110 cm³/mol. The molecule has 0 unspecified atom stereocenters. The Kier molecular flexibility index (Phi) is 5.35. The first-order chi connectivity index (χ1) is 14.4. The summed E-state index contributed by atoms with van der Waals surface area (Å²) in [5.74, 6) is -0.572. The van der Waals surface area contributed by atoms with Gasteiger partial charge in [-0.25, -0.2) is 9.78 Å². The van der Waals surface area contributed by atoms with Crippen molar-refractivity contribution in [3.63, 3.8) is 0 Å². The summed E-state index contributed by atoms with van der Waals surface area (Å²) in [5.41, 5.74) is 1.15. The molecule has 1 saturated carbocycles. The molecule has 1 aliphatic rings. The number of carbonyl (C=O) groups is 1. The number of hydrogen-bond acceptors (Lipinski definition) is 6. The molecule has 2 aromatic heterocycles. The van der Waals surface area contributed by atoms with Crippen molar-refractivity contribution in [3.8, 4) is 5.75 Å². The molecule has 158 valence electrons. The molecule has 0 amide bonds. The second-order valence-corrected chi connectivity index (χ2v) is 8.64. The molecule has 2 heterocycles. The highest BCUT2D eigenvalue weighted by Gasteiger charge is 2.31. The Bertz CT molecular complexity index is 1200. The number of anilines is 1. The predicted octanol–water partition coefficient (Wildman–Crippen LogP) is 2.96. The number of methoxy groups -OCH3 is 1. The highest BCUT2D eigenvalue weighted by molar-refractivity contribution is 7.92. The molecule has 0 spiro atoms. The number of fused-ring (bicyclic) bond motifs is 1. The minimum atomic E-state index is -4.00. The molecule has 30 heavy (non-hydrogen) atoms. The van der Waals surface area contributed by atoms with Gasteiger partial charge < -0.3 is 19.6 Å². The zero-order valence-corrected chi connectivity index (χ0v) is 17.0. The number of hydrogen-bond donors (Lipinski definition) is 3. The van der Waals surface area contributed by atoms with Crippen molar-refractivity contribution >= 4 is 32.6 Å². The van der Waals surface area contributed by atoms with Gasteiger partial charge in [0.2, 0.25) is 0 Å². The highest BCUT2D eigenvalue weighted by Crippen LogP contribution is 2.42. The van der Waals surface area contributed by atoms with Crippen molar-refractivity contribution in [2.45, 2.75) is 23.8 Å². The maximum atomic E-state index is 13.1. The molecule has 0 aliphatic heterocycles. The second-order valence-electron chi connectivity index (χ2n) is 7.04. The molecular weight excluding hydrogens is 410 g/mol. The number of carboxylic acid groups (broad SMARTS) is 1. The van der Waals surface area contributed by atoms with Crippen molar-refractivity contribution < 1.29 is 27.8 Å². The van der Waals surface area contributed by atoms with Gasteiger partial charge >= 0.3 is 5.97 Å². The summed E-state index contributed by atoms with van der Waals surface area (Å²) >= 11 is 0. The fourth-order valence-corrected chi connectivity index (χ4v) is 4.56. The Balaban J connectivity index is 1.75. The summed E-state index contributed by atoms with van der Waals surface area (Å²) in [6, 6.07) is 8.07. The Morgan fingerprint density at radius 3 is 2.80 bits per heavy atom. The van der Waals surface area contributed by atoms with Crippen molar-refractivity contribution in [1.29, 1.82) is 0 Å². The molecule has 3 aromatic rings. The number of aromatic nitrogens is 2. The van der Waals surface area contributed by atoms with Gasteiger partial charge in [-0.05, 0) is 42.5 Å². The van der Waals surface area contributed by atoms with E-state index in [4.69, 9.17) is 9.47 Å². The SMILES string of the molecule is COCCOc1cc(NS(=O)(=O)c2ncccc2C2CC2)c2[nH]c(C(=O)O)cc2c1. The van der Waals surface area contributed by atoms with Gasteiger partial charge in [-0.2, -0.15) is 8.42 Å². The summed E-state index contributed by atoms with van der Waals surface area (Å²) in [5, 5.41) is 9.79. The summed E-state index contributed by atoms with van der Waals surface area (Å²) < 4.78 is 39.4. The number of pyridine rings is 1. The van der Waals surface area contributed by atoms with Crippen LogP contribution in [0.25, 0.3) is 10.9 Å². The number of H-pyrrole nitrogens is 1. The molecule has 0 radical (unpaired) electrons. The third-order valence-corrected chi connectivity index (χ3v) is 6.14. The molecule has 0 saturated heterocycles. The zero-order chi connectivity index (χ0) is 21.3. The van der Waals surface area contributed by atoms with Gasteiger partial charge in [0, 0.05) is 24.8 Å². The molecule has 10 heteroatoms. The van der Waals surface area contributed by atoms with E-state index in [1.54, 1.807) is 25.3 Å². The number of aromatic carboxylic acids is 1. The average molecular weight is 431 g/mol. The molecule has 0 atom stereocenters. The largest absolute Gasteiger partial charge is 0.491 e. The standard InChI is InChI=1S/C20H21N3O6S/c1-28-7-8-29-14-9-13-10-17(20(24)25)22-18(13)16(11-14)23-30(26,27)19-15(12-4-5-12)3-2-6-21-19/h2-3,6,9-12,22-23H,4-5,7-8H2,1H3,(H,24,25). The van der Waals surface area contributed by atoms with Crippen molar-refractivity contribution in [3.05, 3.63) is 47.8 Å². The molecule has 1 fully saturated rings. The third-order valence-electron chi connectivity index (χ3n) is 4.81. The van der Waals surface area contributed by atoms with Crippen LogP contribution in [-0.2, 0) is 14.8 Å². The fourth-order valence-electron chi connectivity index (χ4n) is 3.26. The lowest BCUT2D eigenvalue weighted by atomic mass is 10.2. The average Bonchev–Trinajstić information content (AvgIpc) is 3.46. The molecule has 1 aliphatic carbocycles. The number of sulfonamides is 1. The smallest absolute Gasteiger partial charge is 0.352 e. The van der Waals surface area contributed by atoms with Gasteiger partial charge in [-0.15, -0.1) is 0 Å². The van der Waals surface area contributed by atoms with Crippen LogP contribution < -0.4 is 9.46 Å². The van der Waals surface area contributed by atoms with Gasteiger partial charge in [0.05, 0.1) is 17.8 Å². The summed E-state index contributed by atoms with van der Waals surface area (Å²) in [6.07, 6.45) is 3.30. The van der Waals surface area contributed by atoms with Crippen LogP contribution in [0.4, 0.5) is 5.69 Å². The molecule has 9 nitrogen and oxygen atoms in total. The summed E-state index contributed by atoms with van der Waals surface area (Å²) in [7, 11) is -2.46. The lowest BCUT2D eigenvalue weighted by Gasteiger charge is -2.13. The number of ether oxygens (including phenoxy) is 2. The van der Waals surface area contributed by atoms with E-state index >= 15 is 0 Å². The number of aromatic amines is 1. The molecule has 0 bridgehead atoms. The van der Waals surface area contributed by atoms with Crippen molar-refractivity contribution in [1.82, 2.24) is 9.97 Å². The third kappa shape index (κ3) is 4.10. The van der Waals surface area contributed by atoms with Crippen LogP contribution in [0, 0.1) is 0 Å². The van der Waals surface area contributed by atoms with Gasteiger partial charge in [0.15, 0.2) is 5.03 Å². The van der Waals surface area contributed by atoms with Crippen LogP contribution in [0.2, 0.25) is 0 Å². The molecule has 4 rings (SSSR count). The zero-order valence-electron chi connectivity index (χ0n) is 16.2. The first-order valence-electron chi connectivity index (χ1n) is 9.38. The monoisotopic (exact) mass is 431 g/mol. The first kappa shape index (κ1) is 20.2. The van der Waals surface area contributed by atoms with Crippen LogP contribution in [-0.4, -0.2) is 49.8 Å². The van der Waals surface area contributed by atoms with E-state index in [0.717, 1.165) is 12.8 Å². The summed E-state index contributed by atoms with van der Waals surface area (Å²) in [4.78, 5) is 18.2. The minimum Gasteiger partial charge on any atom is -0.491 e. The lowest BCUT2D eigenvalue weighted by molar-refractivity contribution is 0.0691. The van der Waals surface area contributed by atoms with Gasteiger partial charge in [0.1, 0.15) is 18.1 Å². The van der Waals surface area contributed by atoms with E-state index in [2.05, 4.69) is 14.7 Å². The lowest BCUT2D eigenvalue weighted by Crippen LogP contribution is -2.17. The minimum absolute atomic E-state index is 0.0173. The second kappa shape index (κ2) is 7.96. The van der Waals surface area contributed by atoms with Gasteiger partial charge in [-0.3, -0.25) is 4.72 Å². The van der Waals surface area contributed by atoms with E-state index in [9.17, 15) is 18.3 Å². The summed E-state index contributed by atoms with van der Waals surface area (Å²) in [6.45, 7) is 0.613. The number of nitrogens with zero attached hydrogens (tertiary/aromatic N) is 1. The van der Waals surface area contributed by atoms with E-state index < -0.39 is 16.0 Å². The maximum Gasteiger partial charge on any atom is 0.352 e. The van der Waals surface area contributed by atoms with Crippen molar-refractivity contribution in [2.75, 3.05) is 25.0 Å². The van der Waals surface area contributed by atoms with E-state index in [0.29, 0.717) is 28.8 Å².